The molecule has 2 nitrogen and oxygen atoms in total. The smallest absolute Gasteiger partial charge is 0.156 e. The number of hydrogen-bond acceptors (Lipinski definition) is 2. The molecule has 0 aliphatic rings. The van der Waals surface area contributed by atoms with Crippen LogP contribution in [0.5, 0.6) is 0 Å². The molecule has 0 aliphatic carbocycles. The van der Waals surface area contributed by atoms with Gasteiger partial charge in [0.25, 0.3) is 0 Å². The van der Waals surface area contributed by atoms with Gasteiger partial charge in [-0.05, 0) is 23.1 Å². The second-order valence-corrected chi connectivity index (χ2v) is 6.07. The first-order chi connectivity index (χ1) is 9.47. The molecule has 2 aromatic rings. The maximum atomic E-state index is 6.21. The number of nitrogens with zero attached hydrogens (tertiary/aromatic N) is 1. The molecule has 0 fully saturated rings. The fraction of sp³-hybridized carbons (Fsp3) is 0.235. The molecular formula is C17H19ClN2. The first-order valence-corrected chi connectivity index (χ1v) is 7.00. The molecule has 2 aromatic carbocycles. The zero-order valence-corrected chi connectivity index (χ0v) is 12.8. The van der Waals surface area contributed by atoms with Crippen LogP contribution in [0.15, 0.2) is 59.7 Å². The van der Waals surface area contributed by atoms with Crippen molar-refractivity contribution < 1.29 is 0 Å². The fourth-order valence-electron chi connectivity index (χ4n) is 1.80. The lowest BCUT2D eigenvalue weighted by Crippen LogP contribution is -2.11. The predicted molar refractivity (Wildman–Crippen MR) is 87.6 cm³/mol. The minimum Gasteiger partial charge on any atom is -0.277 e. The molecule has 0 bridgehead atoms. The number of benzene rings is 2. The first-order valence-electron chi connectivity index (χ1n) is 6.62. The van der Waals surface area contributed by atoms with Gasteiger partial charge in [-0.1, -0.05) is 74.8 Å². The highest BCUT2D eigenvalue weighted by atomic mass is 35.5. The Morgan fingerprint density at radius 1 is 0.950 bits per heavy atom. The van der Waals surface area contributed by atoms with Crippen LogP contribution in [0.25, 0.3) is 0 Å². The molecule has 3 heteroatoms. The van der Waals surface area contributed by atoms with Gasteiger partial charge >= 0.3 is 0 Å². The molecule has 0 amide bonds. The van der Waals surface area contributed by atoms with E-state index < -0.39 is 0 Å². The lowest BCUT2D eigenvalue weighted by Gasteiger charge is -2.18. The molecule has 1 N–H and O–H groups in total. The van der Waals surface area contributed by atoms with Crippen molar-refractivity contribution in [1.29, 1.82) is 0 Å². The van der Waals surface area contributed by atoms with Crippen molar-refractivity contribution in [1.82, 2.24) is 0 Å². The molecule has 104 valence electrons. The van der Waals surface area contributed by atoms with Gasteiger partial charge in [-0.2, -0.15) is 5.10 Å². The van der Waals surface area contributed by atoms with Gasteiger partial charge in [0.1, 0.15) is 0 Å². The lowest BCUT2D eigenvalue weighted by atomic mass is 9.87. The number of hydrazone groups is 1. The minimum atomic E-state index is 0.143. The summed E-state index contributed by atoms with van der Waals surface area (Å²) in [6.07, 6.45) is 0. The monoisotopic (exact) mass is 286 g/mol. The van der Waals surface area contributed by atoms with Crippen LogP contribution < -0.4 is 5.43 Å². The largest absolute Gasteiger partial charge is 0.277 e. The van der Waals surface area contributed by atoms with Crippen LogP contribution in [0.1, 0.15) is 31.9 Å². The summed E-state index contributed by atoms with van der Waals surface area (Å²) in [4.78, 5) is 0. The van der Waals surface area contributed by atoms with Gasteiger partial charge in [-0.25, -0.2) is 0 Å². The van der Waals surface area contributed by atoms with Crippen LogP contribution in [0.2, 0.25) is 0 Å². The van der Waals surface area contributed by atoms with E-state index in [-0.39, 0.29) is 5.41 Å². The number of nitrogens with one attached hydrogen (secondary N) is 1. The van der Waals surface area contributed by atoms with Gasteiger partial charge < -0.3 is 0 Å². The van der Waals surface area contributed by atoms with Gasteiger partial charge in [-0.15, -0.1) is 0 Å². The highest BCUT2D eigenvalue weighted by Gasteiger charge is 2.13. The number of anilines is 1. The molecule has 2 rings (SSSR count). The van der Waals surface area contributed by atoms with E-state index in [1.54, 1.807) is 0 Å². The van der Waals surface area contributed by atoms with Crippen LogP contribution in [0, 0.1) is 0 Å². The molecule has 0 spiro atoms. The molecule has 0 unspecified atom stereocenters. The molecule has 0 heterocycles. The molecule has 0 aromatic heterocycles. The normalized spacial score (nSPS) is 12.3. The summed E-state index contributed by atoms with van der Waals surface area (Å²) in [5, 5.41) is 4.64. The van der Waals surface area contributed by atoms with E-state index in [0.717, 1.165) is 11.3 Å². The van der Waals surface area contributed by atoms with Gasteiger partial charge in [0.05, 0.1) is 5.69 Å². The van der Waals surface area contributed by atoms with Crippen LogP contribution in [0.3, 0.4) is 0 Å². The van der Waals surface area contributed by atoms with E-state index in [1.165, 1.54) is 5.56 Å². The SMILES string of the molecule is CC(C)(C)c1ccc(C(Cl)=NNc2ccccc2)cc1. The van der Waals surface area contributed by atoms with Crippen LogP contribution in [-0.2, 0) is 5.41 Å². The van der Waals surface area contributed by atoms with E-state index in [0.29, 0.717) is 5.17 Å². The van der Waals surface area contributed by atoms with E-state index in [4.69, 9.17) is 11.6 Å². The van der Waals surface area contributed by atoms with E-state index in [2.05, 4.69) is 43.4 Å². The third-order valence-electron chi connectivity index (χ3n) is 3.05. The average Bonchev–Trinajstić information content (AvgIpc) is 2.45. The Bertz CT molecular complexity index is 581. The Labute approximate surface area is 125 Å². The lowest BCUT2D eigenvalue weighted by molar-refractivity contribution is 0.590. The topological polar surface area (TPSA) is 24.4 Å². The summed E-state index contributed by atoms with van der Waals surface area (Å²) in [5.41, 5.74) is 6.19. The van der Waals surface area contributed by atoms with Crippen molar-refractivity contribution in [2.24, 2.45) is 5.10 Å². The van der Waals surface area contributed by atoms with Crippen molar-refractivity contribution in [3.8, 4) is 0 Å². The number of rotatable bonds is 3. The van der Waals surface area contributed by atoms with Crippen LogP contribution in [-0.4, -0.2) is 5.17 Å². The number of para-hydroxylation sites is 1. The van der Waals surface area contributed by atoms with Gasteiger partial charge in [0.2, 0.25) is 0 Å². The van der Waals surface area contributed by atoms with E-state index >= 15 is 0 Å². The highest BCUT2D eigenvalue weighted by molar-refractivity contribution is 6.69. The Hall–Kier alpha value is -1.80. The highest BCUT2D eigenvalue weighted by Crippen LogP contribution is 2.22. The molecule has 20 heavy (non-hydrogen) atoms. The Balaban J connectivity index is 2.11. The maximum absolute atomic E-state index is 6.21. The summed E-state index contributed by atoms with van der Waals surface area (Å²) >= 11 is 6.21. The Morgan fingerprint density at radius 3 is 2.10 bits per heavy atom. The quantitative estimate of drug-likeness (QED) is 0.623. The molecule has 0 aliphatic heterocycles. The summed E-state index contributed by atoms with van der Waals surface area (Å²) in [6, 6.07) is 17.9. The third-order valence-corrected chi connectivity index (χ3v) is 3.35. The Morgan fingerprint density at radius 2 is 1.55 bits per heavy atom. The zero-order valence-electron chi connectivity index (χ0n) is 12.0. The molecule has 0 saturated carbocycles. The summed E-state index contributed by atoms with van der Waals surface area (Å²) in [7, 11) is 0. The van der Waals surface area contributed by atoms with Crippen LogP contribution >= 0.6 is 11.6 Å². The fourth-order valence-corrected chi connectivity index (χ4v) is 1.97. The second-order valence-electron chi connectivity index (χ2n) is 5.71. The van der Waals surface area contributed by atoms with Crippen LogP contribution in [0.4, 0.5) is 5.69 Å². The zero-order chi connectivity index (χ0) is 14.6. The maximum Gasteiger partial charge on any atom is 0.156 e. The van der Waals surface area contributed by atoms with Crippen molar-refractivity contribution in [3.63, 3.8) is 0 Å². The van der Waals surface area contributed by atoms with Crippen molar-refractivity contribution in [2.45, 2.75) is 26.2 Å². The predicted octanol–water partition coefficient (Wildman–Crippen LogP) is 5.00. The third kappa shape index (κ3) is 3.84. The van der Waals surface area contributed by atoms with E-state index in [9.17, 15) is 0 Å². The molecular weight excluding hydrogens is 268 g/mol. The molecule has 0 radical (unpaired) electrons. The summed E-state index contributed by atoms with van der Waals surface area (Å²) in [6.45, 7) is 6.57. The van der Waals surface area contributed by atoms with Gasteiger partial charge in [0, 0.05) is 5.56 Å². The number of hydrogen-bond donors (Lipinski definition) is 1. The van der Waals surface area contributed by atoms with Crippen molar-refractivity contribution in [2.75, 3.05) is 5.43 Å². The van der Waals surface area contributed by atoms with Gasteiger partial charge in [-0.3, -0.25) is 5.43 Å². The minimum absolute atomic E-state index is 0.143. The molecule has 0 saturated heterocycles. The summed E-state index contributed by atoms with van der Waals surface area (Å²) in [5.74, 6) is 0. The van der Waals surface area contributed by atoms with Crippen molar-refractivity contribution >= 4 is 22.5 Å². The van der Waals surface area contributed by atoms with Gasteiger partial charge in [0.15, 0.2) is 5.17 Å². The first kappa shape index (κ1) is 14.6. The Kier molecular flexibility index (Phi) is 4.46. The summed E-state index contributed by atoms with van der Waals surface area (Å²) < 4.78 is 0. The average molecular weight is 287 g/mol. The molecule has 0 atom stereocenters. The second kappa shape index (κ2) is 6.10. The number of halogens is 1. The van der Waals surface area contributed by atoms with E-state index in [1.807, 2.05) is 42.5 Å². The van der Waals surface area contributed by atoms with Crippen molar-refractivity contribution in [3.05, 3.63) is 65.7 Å². The standard InChI is InChI=1S/C17H19ClN2/c1-17(2,3)14-11-9-13(10-12-14)16(18)20-19-15-7-5-4-6-8-15/h4-12,19H,1-3H3.